The van der Waals surface area contributed by atoms with Crippen molar-refractivity contribution in [1.82, 2.24) is 10.6 Å². The van der Waals surface area contributed by atoms with Crippen molar-refractivity contribution < 1.29 is 24.5 Å². The number of nitrogens with zero attached hydrogens (tertiary/aromatic N) is 1. The van der Waals surface area contributed by atoms with Crippen molar-refractivity contribution in [3.05, 3.63) is 23.8 Å². The third kappa shape index (κ3) is 9.54. The monoisotopic (exact) mass is 636 g/mol. The number of hydrogen-bond donors (Lipinski definition) is 5. The Kier molecular flexibility index (Phi) is 12.1. The maximum Gasteiger partial charge on any atom is 0.302 e. The Hall–Kier alpha value is -2.96. The summed E-state index contributed by atoms with van der Waals surface area (Å²) in [5, 5.41) is 29.2. The minimum Gasteiger partial charge on any atom is -0.504 e. The summed E-state index contributed by atoms with van der Waals surface area (Å²) in [6, 6.07) is 6.26. The van der Waals surface area contributed by atoms with E-state index in [4.69, 9.17) is 20.2 Å². The molecule has 9 nitrogen and oxygen atoms in total. The normalized spacial score (nSPS) is 32.9. The van der Waals surface area contributed by atoms with E-state index < -0.39 is 17.6 Å². The molecule has 254 valence electrons. The van der Waals surface area contributed by atoms with E-state index >= 15 is 0 Å². The second kappa shape index (κ2) is 16.2. The maximum atomic E-state index is 12.4. The third-order valence-corrected chi connectivity index (χ3v) is 10.8. The first kappa shape index (κ1) is 34.4. The number of guanidine groups is 1. The van der Waals surface area contributed by atoms with Gasteiger partial charge < -0.3 is 36.1 Å². The van der Waals surface area contributed by atoms with Gasteiger partial charge in [-0.3, -0.25) is 9.79 Å². The average molecular weight is 637 g/mol. The first-order valence-corrected chi connectivity index (χ1v) is 17.9. The lowest BCUT2D eigenvalue weighted by atomic mass is 9.74. The Labute approximate surface area is 275 Å². The van der Waals surface area contributed by atoms with Crippen molar-refractivity contribution in [2.24, 2.45) is 28.0 Å². The largest absolute Gasteiger partial charge is 0.504 e. The number of nitrogens with one attached hydrogen (secondary N) is 2. The number of phenolic OH excluding ortho intramolecular Hbond substituents is 1. The molecule has 1 aromatic rings. The van der Waals surface area contributed by atoms with Crippen LogP contribution in [-0.2, 0) is 16.0 Å². The van der Waals surface area contributed by atoms with Gasteiger partial charge in [0.15, 0.2) is 17.5 Å². The Morgan fingerprint density at radius 1 is 1.15 bits per heavy atom. The number of phenols is 1. The van der Waals surface area contributed by atoms with Crippen LogP contribution in [0.2, 0.25) is 0 Å². The van der Waals surface area contributed by atoms with Crippen LogP contribution in [0.4, 0.5) is 0 Å². The van der Waals surface area contributed by atoms with Crippen LogP contribution in [-0.4, -0.2) is 65.6 Å². The quantitative estimate of drug-likeness (QED) is 0.132. The van der Waals surface area contributed by atoms with Gasteiger partial charge in [0.05, 0.1) is 18.1 Å². The van der Waals surface area contributed by atoms with Crippen molar-refractivity contribution in [3.63, 3.8) is 0 Å². The third-order valence-electron chi connectivity index (χ3n) is 10.8. The van der Waals surface area contributed by atoms with E-state index in [9.17, 15) is 15.0 Å². The van der Waals surface area contributed by atoms with Gasteiger partial charge in [-0.2, -0.15) is 0 Å². The van der Waals surface area contributed by atoms with Crippen LogP contribution in [0.15, 0.2) is 23.2 Å². The molecule has 5 rings (SSSR count). The van der Waals surface area contributed by atoms with E-state index in [0.717, 1.165) is 63.5 Å². The molecule has 46 heavy (non-hydrogen) atoms. The van der Waals surface area contributed by atoms with Crippen LogP contribution in [0.5, 0.6) is 11.5 Å². The number of rotatable bonds is 5. The lowest BCUT2D eigenvalue weighted by Gasteiger charge is -2.35. The van der Waals surface area contributed by atoms with Crippen molar-refractivity contribution in [3.8, 4) is 23.3 Å². The minimum absolute atomic E-state index is 0.0448. The molecule has 0 radical (unpaired) electrons. The number of aliphatic imine (C=N–C) groups is 1. The highest BCUT2D eigenvalue weighted by atomic mass is 16.5. The molecule has 9 heteroatoms. The number of aliphatic hydroxyl groups excluding tert-OH is 1. The first-order chi connectivity index (χ1) is 22.2. The van der Waals surface area contributed by atoms with Crippen LogP contribution < -0.4 is 21.1 Å². The van der Waals surface area contributed by atoms with E-state index in [-0.39, 0.29) is 29.7 Å². The molecule has 4 bridgehead atoms. The lowest BCUT2D eigenvalue weighted by Crippen LogP contribution is -2.42. The number of aliphatic hydroxyl groups is 1. The number of carbonyl (C=O) groups excluding carboxylic acids is 1. The smallest absolute Gasteiger partial charge is 0.302 e. The molecular formula is C37H56N4O5. The zero-order valence-electron chi connectivity index (χ0n) is 27.9. The fourth-order valence-corrected chi connectivity index (χ4v) is 7.93. The van der Waals surface area contributed by atoms with Gasteiger partial charge in [0.1, 0.15) is 12.2 Å². The predicted molar refractivity (Wildman–Crippen MR) is 180 cm³/mol. The number of aromatic hydroxyl groups is 1. The summed E-state index contributed by atoms with van der Waals surface area (Å²) < 4.78 is 12.4. The average Bonchev–Trinajstić information content (AvgIpc) is 3.04. The van der Waals surface area contributed by atoms with Gasteiger partial charge in [0, 0.05) is 37.3 Å². The Bertz CT molecular complexity index is 1250. The SMILES string of the molecule is CC[C@@]1(CN=C(N)NC2CCCCC2)C#C[C@H]2CCC[C@H]3C[C@@H](CCN3)Oc3cc(ccc3O)C[C@@H]2[C@@H](OC(C)=O)C[C@@H](O)CC1. The van der Waals surface area contributed by atoms with Crippen LogP contribution in [0.25, 0.3) is 0 Å². The van der Waals surface area contributed by atoms with E-state index in [1.54, 1.807) is 6.07 Å². The number of hydrogen-bond acceptors (Lipinski definition) is 7. The van der Waals surface area contributed by atoms with Crippen LogP contribution in [0, 0.1) is 29.1 Å². The number of piperidine rings is 1. The highest BCUT2D eigenvalue weighted by Gasteiger charge is 2.37. The number of ether oxygens (including phenoxy) is 2. The van der Waals surface area contributed by atoms with Crippen LogP contribution in [0.1, 0.15) is 109 Å². The molecule has 0 aromatic heterocycles. The molecule has 0 unspecified atom stereocenters. The molecule has 0 amide bonds. The fraction of sp³-hybridized carbons (Fsp3) is 0.730. The van der Waals surface area contributed by atoms with Gasteiger partial charge in [-0.25, -0.2) is 0 Å². The maximum absolute atomic E-state index is 12.4. The molecule has 1 saturated carbocycles. The number of esters is 1. The predicted octanol–water partition coefficient (Wildman–Crippen LogP) is 4.96. The van der Waals surface area contributed by atoms with Gasteiger partial charge >= 0.3 is 5.97 Å². The van der Waals surface area contributed by atoms with Crippen LogP contribution in [0.3, 0.4) is 0 Å². The summed E-state index contributed by atoms with van der Waals surface area (Å²) >= 11 is 0. The van der Waals surface area contributed by atoms with Gasteiger partial charge in [-0.1, -0.05) is 50.5 Å². The molecule has 2 fully saturated rings. The summed E-state index contributed by atoms with van der Waals surface area (Å²) in [4.78, 5) is 17.3. The van der Waals surface area contributed by atoms with Crippen LogP contribution >= 0.6 is 0 Å². The van der Waals surface area contributed by atoms with Crippen molar-refractivity contribution in [1.29, 1.82) is 0 Å². The Balaban J connectivity index is 1.49. The second-order valence-electron chi connectivity index (χ2n) is 14.3. The summed E-state index contributed by atoms with van der Waals surface area (Å²) in [5.41, 5.74) is 6.98. The molecule has 2 aliphatic carbocycles. The number of nitrogens with two attached hydrogens (primary N) is 1. The van der Waals surface area contributed by atoms with Gasteiger partial charge in [-0.05, 0) is 88.4 Å². The van der Waals surface area contributed by atoms with E-state index in [0.29, 0.717) is 56.0 Å². The highest BCUT2D eigenvalue weighted by Crippen LogP contribution is 2.38. The second-order valence-corrected chi connectivity index (χ2v) is 14.3. The van der Waals surface area contributed by atoms with Crippen molar-refractivity contribution >= 4 is 11.9 Å². The molecule has 6 N–H and O–H groups in total. The van der Waals surface area contributed by atoms with Gasteiger partial charge in [0.25, 0.3) is 0 Å². The molecule has 7 atom stereocenters. The molecule has 2 heterocycles. The molecule has 4 aliphatic rings. The molecule has 0 spiro atoms. The zero-order valence-corrected chi connectivity index (χ0v) is 27.9. The molecule has 2 aliphatic heterocycles. The van der Waals surface area contributed by atoms with E-state index in [1.165, 1.54) is 26.2 Å². The fourth-order valence-electron chi connectivity index (χ4n) is 7.93. The molecule has 1 aromatic carbocycles. The number of carbonyl (C=O) groups is 1. The number of fused-ring (bicyclic) bond motifs is 5. The standard InChI is InChI=1S/C37H56N4O5/c1-3-37(24-40-36(38)41-28-9-5-4-6-10-28)17-14-27-8-7-11-29-22-31(16-19-39-29)46-35-21-26(12-13-33(35)44)20-32(27)34(45-25(2)42)23-30(43)15-18-37/h12-13,21,27-32,34,39,43-44H,3-11,15-16,18-20,22-24H2,1-2H3,(H3,38,40,41)/t27-,29+,30+,31-,32+,34+,37-/m1/s1. The summed E-state index contributed by atoms with van der Waals surface area (Å²) in [6.45, 7) is 4.95. The summed E-state index contributed by atoms with van der Waals surface area (Å²) in [7, 11) is 0. The first-order valence-electron chi connectivity index (χ1n) is 17.9. The number of benzene rings is 1. The summed E-state index contributed by atoms with van der Waals surface area (Å²) in [6.07, 6.45) is 12.4. The zero-order chi connectivity index (χ0) is 32.5. The van der Waals surface area contributed by atoms with Crippen molar-refractivity contribution in [2.45, 2.75) is 141 Å². The van der Waals surface area contributed by atoms with E-state index in [1.807, 2.05) is 12.1 Å². The van der Waals surface area contributed by atoms with Gasteiger partial charge in [-0.15, -0.1) is 0 Å². The topological polar surface area (TPSA) is 138 Å². The summed E-state index contributed by atoms with van der Waals surface area (Å²) in [5.74, 6) is 8.01. The lowest BCUT2D eigenvalue weighted by molar-refractivity contribution is -0.152. The van der Waals surface area contributed by atoms with Gasteiger partial charge in [0.2, 0.25) is 0 Å². The minimum atomic E-state index is -0.649. The Morgan fingerprint density at radius 2 is 1.98 bits per heavy atom. The highest BCUT2D eigenvalue weighted by molar-refractivity contribution is 5.78. The molecule has 1 saturated heterocycles. The van der Waals surface area contributed by atoms with E-state index in [2.05, 4.69) is 29.4 Å². The van der Waals surface area contributed by atoms with Crippen molar-refractivity contribution in [2.75, 3.05) is 13.1 Å². The Morgan fingerprint density at radius 3 is 2.76 bits per heavy atom. The molecular weight excluding hydrogens is 580 g/mol.